The van der Waals surface area contributed by atoms with Gasteiger partial charge in [0.1, 0.15) is 11.5 Å². The third kappa shape index (κ3) is 4.01. The van der Waals surface area contributed by atoms with Crippen LogP contribution in [0.1, 0.15) is 29.0 Å². The van der Waals surface area contributed by atoms with E-state index in [2.05, 4.69) is 20.2 Å². The van der Waals surface area contributed by atoms with Crippen LogP contribution in [0.4, 0.5) is 5.82 Å². The van der Waals surface area contributed by atoms with Crippen LogP contribution in [0.25, 0.3) is 0 Å². The summed E-state index contributed by atoms with van der Waals surface area (Å²) in [6, 6.07) is 5.45. The fraction of sp³-hybridized carbons (Fsp3) is 0.438. The molecule has 134 valence electrons. The number of amides is 1. The van der Waals surface area contributed by atoms with Gasteiger partial charge in [0, 0.05) is 49.1 Å². The maximum Gasteiger partial charge on any atom is 0.269 e. The molecule has 7 nitrogen and oxygen atoms in total. The van der Waals surface area contributed by atoms with Gasteiger partial charge in [-0.1, -0.05) is 0 Å². The van der Waals surface area contributed by atoms with Gasteiger partial charge in [-0.2, -0.15) is 0 Å². The van der Waals surface area contributed by atoms with Crippen molar-refractivity contribution in [1.29, 1.82) is 0 Å². The van der Waals surface area contributed by atoms with Crippen LogP contribution in [0, 0.1) is 6.92 Å². The number of piperidine rings is 1. The Hall–Kier alpha value is -1.93. The molecule has 1 aliphatic rings. The second kappa shape index (κ2) is 7.53. The molecule has 0 bridgehead atoms. The van der Waals surface area contributed by atoms with E-state index < -0.39 is 10.8 Å². The van der Waals surface area contributed by atoms with Gasteiger partial charge in [-0.25, -0.2) is 9.97 Å². The predicted octanol–water partition coefficient (Wildman–Crippen LogP) is 1.72. The Morgan fingerprint density at radius 2 is 2.04 bits per heavy atom. The molecule has 1 atom stereocenters. The molecule has 0 saturated carbocycles. The minimum atomic E-state index is -1.20. The molecule has 1 saturated heterocycles. The number of anilines is 1. The number of carbonyl (C=O) groups excluding carboxylic acids is 1. The first kappa shape index (κ1) is 17.9. The van der Waals surface area contributed by atoms with Crippen LogP contribution >= 0.6 is 11.8 Å². The molecule has 1 N–H and O–H groups in total. The molecule has 0 radical (unpaired) electrons. The first-order chi connectivity index (χ1) is 12.0. The highest BCUT2D eigenvalue weighted by molar-refractivity contribution is 7.84. The van der Waals surface area contributed by atoms with Crippen molar-refractivity contribution in [2.24, 2.45) is 0 Å². The third-order valence-electron chi connectivity index (χ3n) is 4.27. The van der Waals surface area contributed by atoms with E-state index in [-0.39, 0.29) is 11.9 Å². The van der Waals surface area contributed by atoms with Crippen molar-refractivity contribution in [3.8, 4) is 0 Å². The van der Waals surface area contributed by atoms with Crippen molar-refractivity contribution in [1.82, 2.24) is 19.4 Å². The zero-order chi connectivity index (χ0) is 18.0. The molecule has 3 rings (SSSR count). The maximum atomic E-state index is 12.3. The second-order valence-corrected chi connectivity index (χ2v) is 7.64. The fourth-order valence-electron chi connectivity index (χ4n) is 2.84. The van der Waals surface area contributed by atoms with Crippen molar-refractivity contribution in [3.05, 3.63) is 35.8 Å². The summed E-state index contributed by atoms with van der Waals surface area (Å²) in [5, 5.41) is 3.38. The van der Waals surface area contributed by atoms with E-state index in [0.717, 1.165) is 37.4 Å². The normalized spacial score (nSPS) is 16.7. The summed E-state index contributed by atoms with van der Waals surface area (Å²) in [5.41, 5.74) is 1.28. The molecular formula is C16H20ClN5O2S. The molecule has 3 heterocycles. The number of carbonyl (C=O) groups is 1. The number of rotatable bonds is 4. The van der Waals surface area contributed by atoms with E-state index in [0.29, 0.717) is 10.9 Å². The molecular weight excluding hydrogens is 362 g/mol. The Morgan fingerprint density at radius 1 is 1.32 bits per heavy atom. The Kier molecular flexibility index (Phi) is 5.39. The first-order valence-corrected chi connectivity index (χ1v) is 9.92. The van der Waals surface area contributed by atoms with Gasteiger partial charge in [0.15, 0.2) is 0 Å². The average molecular weight is 382 g/mol. The quantitative estimate of drug-likeness (QED) is 0.816. The minimum absolute atomic E-state index is 0.0947. The van der Waals surface area contributed by atoms with Crippen molar-refractivity contribution in [3.63, 3.8) is 0 Å². The number of aryl methyl sites for hydroxylation is 1. The van der Waals surface area contributed by atoms with Crippen LogP contribution in [-0.4, -0.2) is 49.6 Å². The van der Waals surface area contributed by atoms with Crippen LogP contribution < -0.4 is 10.2 Å². The summed E-state index contributed by atoms with van der Waals surface area (Å²) in [5.74, 6) is 0.613. The molecule has 0 aromatic carbocycles. The predicted molar refractivity (Wildman–Crippen MR) is 97.5 cm³/mol. The molecule has 1 aliphatic heterocycles. The Labute approximate surface area is 154 Å². The lowest BCUT2D eigenvalue weighted by Gasteiger charge is -2.33. The van der Waals surface area contributed by atoms with Crippen LogP contribution in [0.3, 0.4) is 0 Å². The molecule has 0 spiro atoms. The number of hydrogen-bond acceptors (Lipinski definition) is 5. The average Bonchev–Trinajstić information content (AvgIpc) is 2.95. The largest absolute Gasteiger partial charge is 0.356 e. The van der Waals surface area contributed by atoms with Gasteiger partial charge in [0.2, 0.25) is 5.16 Å². The lowest BCUT2D eigenvalue weighted by Crippen LogP contribution is -2.45. The number of aromatic nitrogens is 3. The smallest absolute Gasteiger partial charge is 0.269 e. The Morgan fingerprint density at radius 3 is 2.64 bits per heavy atom. The number of nitrogens with zero attached hydrogens (tertiary/aromatic N) is 4. The summed E-state index contributed by atoms with van der Waals surface area (Å²) in [6.45, 7) is 3.37. The summed E-state index contributed by atoms with van der Waals surface area (Å²) >= 11 is 6.07. The molecule has 1 amide bonds. The number of nitrogens with one attached hydrogen (secondary N) is 1. The highest BCUT2D eigenvalue weighted by Crippen LogP contribution is 2.19. The van der Waals surface area contributed by atoms with Gasteiger partial charge in [0.05, 0.1) is 10.8 Å². The molecule has 2 aromatic heterocycles. The summed E-state index contributed by atoms with van der Waals surface area (Å²) in [6.07, 6.45) is 4.81. The standard InChI is InChI=1S/C16H20ClN5O2S/c1-11-3-4-13(22(11)17)15(23)19-12-6-9-21(10-7-12)14-5-8-18-16(20-14)25(2)24/h3-5,8,12H,6-7,9-10H2,1-2H3,(H,19,23). The van der Waals surface area contributed by atoms with Gasteiger partial charge >= 0.3 is 0 Å². The van der Waals surface area contributed by atoms with Crippen molar-refractivity contribution < 1.29 is 9.00 Å². The van der Waals surface area contributed by atoms with E-state index in [4.69, 9.17) is 11.8 Å². The van der Waals surface area contributed by atoms with E-state index in [1.54, 1.807) is 18.5 Å². The molecule has 1 unspecified atom stereocenters. The van der Waals surface area contributed by atoms with E-state index in [1.165, 1.54) is 4.09 Å². The monoisotopic (exact) mass is 381 g/mol. The minimum Gasteiger partial charge on any atom is -0.356 e. The summed E-state index contributed by atoms with van der Waals surface area (Å²) < 4.78 is 12.9. The topological polar surface area (TPSA) is 80.1 Å². The molecule has 9 heteroatoms. The second-order valence-electron chi connectivity index (χ2n) is 6.03. The van der Waals surface area contributed by atoms with Crippen molar-refractivity contribution >= 4 is 34.3 Å². The zero-order valence-electron chi connectivity index (χ0n) is 14.1. The van der Waals surface area contributed by atoms with Crippen LogP contribution in [0.2, 0.25) is 0 Å². The van der Waals surface area contributed by atoms with Crippen LogP contribution in [0.5, 0.6) is 0 Å². The van der Waals surface area contributed by atoms with Gasteiger partial charge in [-0.3, -0.25) is 13.1 Å². The van der Waals surface area contributed by atoms with E-state index >= 15 is 0 Å². The molecule has 2 aromatic rings. The molecule has 0 aliphatic carbocycles. The lowest BCUT2D eigenvalue weighted by atomic mass is 10.0. The number of hydrogen-bond donors (Lipinski definition) is 1. The van der Waals surface area contributed by atoms with Gasteiger partial charge < -0.3 is 10.2 Å². The SMILES string of the molecule is Cc1ccc(C(=O)NC2CCN(c3ccnc(S(C)=O)n3)CC2)n1Cl. The van der Waals surface area contributed by atoms with Gasteiger partial charge in [-0.15, -0.1) is 0 Å². The Balaban J connectivity index is 1.59. The van der Waals surface area contributed by atoms with Crippen LogP contribution in [-0.2, 0) is 10.8 Å². The molecule has 1 fully saturated rings. The zero-order valence-corrected chi connectivity index (χ0v) is 15.7. The Bertz CT molecular complexity index is 802. The summed E-state index contributed by atoms with van der Waals surface area (Å²) in [7, 11) is -1.20. The van der Waals surface area contributed by atoms with E-state index in [1.807, 2.05) is 19.1 Å². The maximum absolute atomic E-state index is 12.3. The number of halogens is 1. The third-order valence-corrected chi connectivity index (χ3v) is 5.43. The first-order valence-electron chi connectivity index (χ1n) is 8.02. The van der Waals surface area contributed by atoms with Crippen molar-refractivity contribution in [2.75, 3.05) is 24.2 Å². The van der Waals surface area contributed by atoms with E-state index in [9.17, 15) is 9.00 Å². The van der Waals surface area contributed by atoms with Crippen molar-refractivity contribution in [2.45, 2.75) is 31.0 Å². The molecule has 25 heavy (non-hydrogen) atoms. The highest BCUT2D eigenvalue weighted by Gasteiger charge is 2.23. The van der Waals surface area contributed by atoms with Gasteiger partial charge in [-0.05, 0) is 38.0 Å². The lowest BCUT2D eigenvalue weighted by molar-refractivity contribution is 0.0925. The fourth-order valence-corrected chi connectivity index (χ4v) is 3.46. The highest BCUT2D eigenvalue weighted by atomic mass is 35.5. The van der Waals surface area contributed by atoms with Crippen LogP contribution in [0.15, 0.2) is 29.6 Å². The summed E-state index contributed by atoms with van der Waals surface area (Å²) in [4.78, 5) is 22.8. The van der Waals surface area contributed by atoms with Gasteiger partial charge in [0.25, 0.3) is 5.91 Å².